The van der Waals surface area contributed by atoms with Crippen molar-refractivity contribution in [1.29, 1.82) is 0 Å². The first-order valence-corrected chi connectivity index (χ1v) is 10.7. The van der Waals surface area contributed by atoms with Crippen LogP contribution in [0.5, 0.6) is 5.75 Å². The molecule has 0 radical (unpaired) electrons. The second-order valence-electron chi connectivity index (χ2n) is 6.30. The van der Waals surface area contributed by atoms with Gasteiger partial charge in [0, 0.05) is 22.5 Å². The lowest BCUT2D eigenvalue weighted by molar-refractivity contribution is 0.403. The molecule has 0 atom stereocenters. The maximum Gasteiger partial charge on any atom is 0.265 e. The van der Waals surface area contributed by atoms with Gasteiger partial charge in [-0.2, -0.15) is 0 Å². The highest BCUT2D eigenvalue weighted by Gasteiger charge is 2.21. The van der Waals surface area contributed by atoms with Crippen LogP contribution < -0.4 is 14.8 Å². The lowest BCUT2D eigenvalue weighted by atomic mass is 10.1. The summed E-state index contributed by atoms with van der Waals surface area (Å²) < 4.78 is 33.9. The first-order chi connectivity index (χ1) is 13.8. The number of rotatable bonds is 7. The largest absolute Gasteiger partial charge is 0.495 e. The average molecular weight is 433 g/mol. The lowest BCUT2D eigenvalue weighted by Gasteiger charge is -2.16. The molecule has 0 unspecified atom stereocenters. The molecule has 2 aromatic carbocycles. The number of sulfonamides is 1. The van der Waals surface area contributed by atoms with Gasteiger partial charge in [-0.15, -0.1) is 0 Å². The molecule has 7 nitrogen and oxygen atoms in total. The average Bonchev–Trinajstić information content (AvgIpc) is 2.68. The first kappa shape index (κ1) is 20.9. The highest BCUT2D eigenvalue weighted by atomic mass is 35.5. The minimum atomic E-state index is -3.92. The fourth-order valence-corrected chi connectivity index (χ4v) is 4.31. The Balaban J connectivity index is 1.96. The van der Waals surface area contributed by atoms with Crippen molar-refractivity contribution in [3.63, 3.8) is 0 Å². The minimum absolute atomic E-state index is 0.0284. The van der Waals surface area contributed by atoms with Crippen molar-refractivity contribution in [3.8, 4) is 5.75 Å². The molecule has 0 saturated carbocycles. The zero-order chi connectivity index (χ0) is 21.0. The molecule has 3 aromatic rings. The van der Waals surface area contributed by atoms with Crippen molar-refractivity contribution in [2.75, 3.05) is 17.1 Å². The number of nitrogens with one attached hydrogen (secondary N) is 2. The van der Waals surface area contributed by atoms with Crippen molar-refractivity contribution < 1.29 is 13.2 Å². The molecule has 3 rings (SSSR count). The highest BCUT2D eigenvalue weighted by molar-refractivity contribution is 7.92. The van der Waals surface area contributed by atoms with Crippen molar-refractivity contribution in [2.45, 2.75) is 25.2 Å². The molecule has 0 amide bonds. The second-order valence-corrected chi connectivity index (χ2v) is 8.38. The van der Waals surface area contributed by atoms with E-state index in [-0.39, 0.29) is 10.6 Å². The van der Waals surface area contributed by atoms with Crippen LogP contribution in [0.25, 0.3) is 0 Å². The number of hydrogen-bond donors (Lipinski definition) is 2. The monoisotopic (exact) mass is 432 g/mol. The Morgan fingerprint density at radius 3 is 2.59 bits per heavy atom. The molecule has 0 saturated heterocycles. The van der Waals surface area contributed by atoms with Gasteiger partial charge >= 0.3 is 0 Å². The molecule has 2 N–H and O–H groups in total. The van der Waals surface area contributed by atoms with Crippen LogP contribution in [0.4, 0.5) is 17.2 Å². The normalized spacial score (nSPS) is 11.2. The summed E-state index contributed by atoms with van der Waals surface area (Å²) >= 11 is 6.00. The van der Waals surface area contributed by atoms with Crippen molar-refractivity contribution in [3.05, 3.63) is 65.1 Å². The molecular formula is C20H21ClN4O3S. The molecule has 9 heteroatoms. The minimum Gasteiger partial charge on any atom is -0.495 e. The van der Waals surface area contributed by atoms with E-state index in [9.17, 15) is 8.42 Å². The predicted molar refractivity (Wildman–Crippen MR) is 115 cm³/mol. The number of methoxy groups -OCH3 is 1. The Hall–Kier alpha value is -2.84. The van der Waals surface area contributed by atoms with Crippen molar-refractivity contribution in [2.24, 2.45) is 0 Å². The Morgan fingerprint density at radius 2 is 1.90 bits per heavy atom. The number of halogens is 1. The van der Waals surface area contributed by atoms with Crippen LogP contribution in [0.1, 0.15) is 18.2 Å². The molecule has 1 heterocycles. The van der Waals surface area contributed by atoms with Crippen LogP contribution >= 0.6 is 11.6 Å². The Bertz CT molecular complexity index is 1140. The Labute approximate surface area is 175 Å². The number of benzene rings is 2. The summed E-state index contributed by atoms with van der Waals surface area (Å²) in [4.78, 5) is 8.21. The Kier molecular flexibility index (Phi) is 6.24. The molecule has 152 valence electrons. The topological polar surface area (TPSA) is 93.2 Å². The number of hydrogen-bond acceptors (Lipinski definition) is 6. The van der Waals surface area contributed by atoms with Gasteiger partial charge in [-0.25, -0.2) is 18.4 Å². The van der Waals surface area contributed by atoms with Gasteiger partial charge in [0.2, 0.25) is 0 Å². The van der Waals surface area contributed by atoms with Crippen LogP contribution in [0, 0.1) is 6.92 Å². The van der Waals surface area contributed by atoms with Gasteiger partial charge in [0.15, 0.2) is 0 Å². The number of aryl methyl sites for hydroxylation is 2. The van der Waals surface area contributed by atoms with E-state index in [1.807, 2.05) is 26.0 Å². The van der Waals surface area contributed by atoms with Gasteiger partial charge < -0.3 is 10.1 Å². The third-order valence-corrected chi connectivity index (χ3v) is 5.85. The van der Waals surface area contributed by atoms with Gasteiger partial charge in [-0.05, 0) is 49.2 Å². The molecule has 0 bridgehead atoms. The number of nitrogens with zero attached hydrogens (tertiary/aromatic N) is 2. The van der Waals surface area contributed by atoms with E-state index >= 15 is 0 Å². The molecule has 0 aliphatic carbocycles. The van der Waals surface area contributed by atoms with E-state index in [1.165, 1.54) is 25.6 Å². The van der Waals surface area contributed by atoms with E-state index in [2.05, 4.69) is 20.0 Å². The number of ether oxygens (including phenoxy) is 1. The van der Waals surface area contributed by atoms with Crippen LogP contribution in [0.2, 0.25) is 5.02 Å². The third kappa shape index (κ3) is 4.96. The summed E-state index contributed by atoms with van der Waals surface area (Å²) in [5.74, 6) is 0.831. The smallest absolute Gasteiger partial charge is 0.265 e. The first-order valence-electron chi connectivity index (χ1n) is 8.87. The summed E-state index contributed by atoms with van der Waals surface area (Å²) in [6, 6.07) is 11.7. The van der Waals surface area contributed by atoms with Gasteiger partial charge in [0.25, 0.3) is 10.0 Å². The fraction of sp³-hybridized carbons (Fsp3) is 0.200. The Morgan fingerprint density at radius 1 is 1.10 bits per heavy atom. The molecule has 1 aromatic heterocycles. The maximum atomic E-state index is 13.0. The van der Waals surface area contributed by atoms with Crippen LogP contribution in [0.3, 0.4) is 0 Å². The molecule has 0 spiro atoms. The molecule has 0 fully saturated rings. The van der Waals surface area contributed by atoms with Gasteiger partial charge in [0.1, 0.15) is 22.8 Å². The summed E-state index contributed by atoms with van der Waals surface area (Å²) in [6.45, 7) is 3.82. The van der Waals surface area contributed by atoms with Gasteiger partial charge in [0.05, 0.1) is 12.8 Å². The van der Waals surface area contributed by atoms with E-state index in [0.717, 1.165) is 11.3 Å². The van der Waals surface area contributed by atoms with Gasteiger partial charge in [-0.1, -0.05) is 24.6 Å². The zero-order valence-electron chi connectivity index (χ0n) is 16.2. The van der Waals surface area contributed by atoms with E-state index in [4.69, 9.17) is 16.3 Å². The summed E-state index contributed by atoms with van der Waals surface area (Å²) in [5.41, 5.74) is 2.82. The summed E-state index contributed by atoms with van der Waals surface area (Å²) in [6.07, 6.45) is 2.12. The van der Waals surface area contributed by atoms with E-state index < -0.39 is 10.0 Å². The van der Waals surface area contributed by atoms with Crippen LogP contribution in [0.15, 0.2) is 53.7 Å². The maximum absolute atomic E-state index is 13.0. The zero-order valence-corrected chi connectivity index (χ0v) is 17.8. The lowest BCUT2D eigenvalue weighted by Crippen LogP contribution is -2.15. The van der Waals surface area contributed by atoms with E-state index in [1.54, 1.807) is 18.2 Å². The number of anilines is 3. The van der Waals surface area contributed by atoms with Crippen molar-refractivity contribution in [1.82, 2.24) is 9.97 Å². The summed E-state index contributed by atoms with van der Waals surface area (Å²) in [7, 11) is -2.51. The molecule has 0 aliphatic heterocycles. The predicted octanol–water partition coefficient (Wildman–Crippen LogP) is 4.55. The van der Waals surface area contributed by atoms with Crippen LogP contribution in [-0.2, 0) is 16.4 Å². The second kappa shape index (κ2) is 8.67. The summed E-state index contributed by atoms with van der Waals surface area (Å²) in [5, 5.41) is 3.46. The number of aromatic nitrogens is 2. The molecule has 29 heavy (non-hydrogen) atoms. The van der Waals surface area contributed by atoms with Crippen molar-refractivity contribution >= 4 is 38.8 Å². The SMILES string of the molecule is CCc1ccc(Nc2cc(C)ncn2)cc1NS(=O)(=O)c1cc(Cl)ccc1OC. The molecular weight excluding hydrogens is 412 g/mol. The third-order valence-electron chi connectivity index (χ3n) is 4.23. The fourth-order valence-electron chi connectivity index (χ4n) is 2.79. The quantitative estimate of drug-likeness (QED) is 0.568. The molecule has 0 aliphatic rings. The van der Waals surface area contributed by atoms with Crippen LogP contribution in [-0.4, -0.2) is 25.5 Å². The standard InChI is InChI=1S/C20H21ClN4O3S/c1-4-14-5-7-16(24-20-9-13(2)22-12-23-20)11-17(14)25-29(26,27)19-10-15(21)6-8-18(19)28-3/h5-12,25H,4H2,1-3H3,(H,22,23,24). The highest BCUT2D eigenvalue weighted by Crippen LogP contribution is 2.31. The van der Waals surface area contributed by atoms with E-state index in [0.29, 0.717) is 28.6 Å². The van der Waals surface area contributed by atoms with Gasteiger partial charge in [-0.3, -0.25) is 4.72 Å².